The van der Waals surface area contributed by atoms with Gasteiger partial charge in [0.05, 0.1) is 5.69 Å². The fourth-order valence-electron chi connectivity index (χ4n) is 2.98. The van der Waals surface area contributed by atoms with Gasteiger partial charge in [0.25, 0.3) is 11.5 Å². The molecule has 1 aromatic carbocycles. The predicted molar refractivity (Wildman–Crippen MR) is 96.2 cm³/mol. The molecule has 1 aliphatic heterocycles. The quantitative estimate of drug-likeness (QED) is 0.883. The van der Waals surface area contributed by atoms with E-state index in [0.717, 1.165) is 12.2 Å². The zero-order chi connectivity index (χ0) is 17.1. The number of carbonyl (C=O) groups excluding carboxylic acids is 1. The van der Waals surface area contributed by atoms with Crippen molar-refractivity contribution < 1.29 is 4.79 Å². The van der Waals surface area contributed by atoms with Crippen molar-refractivity contribution in [3.63, 3.8) is 0 Å². The SMILES string of the molecule is CSCc1ccc(C(=O)N2CCC(c3cc(=O)[nH]c(N)n3)C2)cc1. The number of thioether (sulfide) groups is 1. The number of carbonyl (C=O) groups is 1. The third kappa shape index (κ3) is 3.62. The van der Waals surface area contributed by atoms with Crippen molar-refractivity contribution in [3.05, 3.63) is 57.5 Å². The second-order valence-electron chi connectivity index (χ2n) is 5.92. The molecule has 7 heteroatoms. The number of H-pyrrole nitrogens is 1. The van der Waals surface area contributed by atoms with Crippen LogP contribution < -0.4 is 11.3 Å². The van der Waals surface area contributed by atoms with Crippen LogP contribution >= 0.6 is 11.8 Å². The molecule has 3 rings (SSSR count). The molecule has 1 aromatic heterocycles. The molecule has 6 nitrogen and oxygen atoms in total. The summed E-state index contributed by atoms with van der Waals surface area (Å²) in [4.78, 5) is 32.6. The van der Waals surface area contributed by atoms with Crippen molar-refractivity contribution in [2.75, 3.05) is 25.1 Å². The monoisotopic (exact) mass is 344 g/mol. The number of nitrogens with one attached hydrogen (secondary N) is 1. The van der Waals surface area contributed by atoms with Crippen LogP contribution in [0.2, 0.25) is 0 Å². The van der Waals surface area contributed by atoms with E-state index in [2.05, 4.69) is 16.2 Å². The van der Waals surface area contributed by atoms with Crippen LogP contribution in [0.15, 0.2) is 35.1 Å². The lowest BCUT2D eigenvalue weighted by molar-refractivity contribution is 0.0790. The summed E-state index contributed by atoms with van der Waals surface area (Å²) < 4.78 is 0. The minimum absolute atomic E-state index is 0.0195. The molecular weight excluding hydrogens is 324 g/mol. The highest BCUT2D eigenvalue weighted by Crippen LogP contribution is 2.26. The molecule has 0 saturated carbocycles. The summed E-state index contributed by atoms with van der Waals surface area (Å²) in [5.74, 6) is 1.13. The summed E-state index contributed by atoms with van der Waals surface area (Å²) in [6, 6.07) is 9.22. The minimum Gasteiger partial charge on any atom is -0.369 e. The first-order valence-electron chi connectivity index (χ1n) is 7.80. The number of nitrogens with two attached hydrogens (primary N) is 1. The molecule has 1 aliphatic rings. The predicted octanol–water partition coefficient (Wildman–Crippen LogP) is 1.84. The van der Waals surface area contributed by atoms with Gasteiger partial charge in [0.1, 0.15) is 0 Å². The van der Waals surface area contributed by atoms with Crippen molar-refractivity contribution in [1.29, 1.82) is 0 Å². The Morgan fingerprint density at radius 3 is 2.83 bits per heavy atom. The number of aromatic amines is 1. The zero-order valence-corrected chi connectivity index (χ0v) is 14.3. The van der Waals surface area contributed by atoms with Crippen molar-refractivity contribution in [2.24, 2.45) is 0 Å². The third-order valence-electron chi connectivity index (χ3n) is 4.19. The molecule has 0 radical (unpaired) electrons. The number of likely N-dealkylation sites (tertiary alicyclic amines) is 1. The van der Waals surface area contributed by atoms with Gasteiger partial charge in [-0.25, -0.2) is 4.98 Å². The maximum absolute atomic E-state index is 12.6. The second kappa shape index (κ2) is 7.09. The van der Waals surface area contributed by atoms with E-state index in [-0.39, 0.29) is 23.3 Å². The number of aromatic nitrogens is 2. The fraction of sp³-hybridized carbons (Fsp3) is 0.353. The average Bonchev–Trinajstić information content (AvgIpc) is 3.04. The van der Waals surface area contributed by atoms with Gasteiger partial charge < -0.3 is 10.6 Å². The van der Waals surface area contributed by atoms with Gasteiger partial charge in [0.15, 0.2) is 0 Å². The Hall–Kier alpha value is -2.28. The van der Waals surface area contributed by atoms with E-state index in [4.69, 9.17) is 5.73 Å². The van der Waals surface area contributed by atoms with E-state index in [1.807, 2.05) is 29.2 Å². The standard InChI is InChI=1S/C17H20N4O2S/c1-24-10-11-2-4-12(5-3-11)16(23)21-7-6-13(9-21)14-8-15(22)20-17(18)19-14/h2-5,8,13H,6-7,9-10H2,1H3,(H3,18,19,20,22). The maximum atomic E-state index is 12.6. The highest BCUT2D eigenvalue weighted by molar-refractivity contribution is 7.97. The number of nitrogens with zero attached hydrogens (tertiary/aromatic N) is 2. The number of nitrogen functional groups attached to an aromatic ring is 1. The van der Waals surface area contributed by atoms with Gasteiger partial charge in [0.2, 0.25) is 5.95 Å². The molecule has 1 fully saturated rings. The first-order chi connectivity index (χ1) is 11.6. The first-order valence-corrected chi connectivity index (χ1v) is 9.20. The smallest absolute Gasteiger partial charge is 0.253 e. The van der Waals surface area contributed by atoms with E-state index < -0.39 is 0 Å². The normalized spacial score (nSPS) is 17.2. The molecule has 1 atom stereocenters. The van der Waals surface area contributed by atoms with E-state index in [1.54, 1.807) is 11.8 Å². The molecule has 24 heavy (non-hydrogen) atoms. The van der Waals surface area contributed by atoms with E-state index >= 15 is 0 Å². The summed E-state index contributed by atoms with van der Waals surface area (Å²) in [7, 11) is 0. The Balaban J connectivity index is 1.70. The van der Waals surface area contributed by atoms with Crippen LogP contribution in [0.3, 0.4) is 0 Å². The lowest BCUT2D eigenvalue weighted by Crippen LogP contribution is -2.28. The molecule has 126 valence electrons. The Morgan fingerprint density at radius 2 is 2.17 bits per heavy atom. The summed E-state index contributed by atoms with van der Waals surface area (Å²) in [5, 5.41) is 0. The third-order valence-corrected chi connectivity index (χ3v) is 4.81. The van der Waals surface area contributed by atoms with E-state index in [1.165, 1.54) is 11.6 Å². The highest BCUT2D eigenvalue weighted by Gasteiger charge is 2.29. The van der Waals surface area contributed by atoms with Gasteiger partial charge in [0, 0.05) is 36.4 Å². The Labute approximate surface area is 144 Å². The van der Waals surface area contributed by atoms with Crippen LogP contribution in [-0.4, -0.2) is 40.1 Å². The number of amides is 1. The second-order valence-corrected chi connectivity index (χ2v) is 6.79. The summed E-state index contributed by atoms with van der Waals surface area (Å²) in [5.41, 5.74) is 7.90. The molecular formula is C17H20N4O2S. The summed E-state index contributed by atoms with van der Waals surface area (Å²) in [6.07, 6.45) is 2.84. The van der Waals surface area contributed by atoms with E-state index in [0.29, 0.717) is 24.3 Å². The molecule has 0 bridgehead atoms. The largest absolute Gasteiger partial charge is 0.369 e. The van der Waals surface area contributed by atoms with Crippen LogP contribution in [-0.2, 0) is 5.75 Å². The number of rotatable bonds is 4. The number of hydrogen-bond acceptors (Lipinski definition) is 5. The molecule has 0 aliphatic carbocycles. The van der Waals surface area contributed by atoms with Gasteiger partial charge in [-0.3, -0.25) is 14.6 Å². The topological polar surface area (TPSA) is 92.1 Å². The molecule has 2 aromatic rings. The Morgan fingerprint density at radius 1 is 1.42 bits per heavy atom. The van der Waals surface area contributed by atoms with Crippen LogP contribution in [0.4, 0.5) is 5.95 Å². The van der Waals surface area contributed by atoms with Gasteiger partial charge in [-0.15, -0.1) is 0 Å². The van der Waals surface area contributed by atoms with Crippen molar-refractivity contribution in [1.82, 2.24) is 14.9 Å². The van der Waals surface area contributed by atoms with Gasteiger partial charge in [-0.2, -0.15) is 11.8 Å². The highest BCUT2D eigenvalue weighted by atomic mass is 32.2. The average molecular weight is 344 g/mol. The number of anilines is 1. The fourth-order valence-corrected chi connectivity index (χ4v) is 3.51. The van der Waals surface area contributed by atoms with Crippen LogP contribution in [0.25, 0.3) is 0 Å². The molecule has 1 amide bonds. The summed E-state index contributed by atoms with van der Waals surface area (Å²) in [6.45, 7) is 1.21. The molecule has 2 heterocycles. The number of hydrogen-bond donors (Lipinski definition) is 2. The van der Waals surface area contributed by atoms with Gasteiger partial charge >= 0.3 is 0 Å². The van der Waals surface area contributed by atoms with Gasteiger partial charge in [-0.05, 0) is 30.4 Å². The Bertz CT molecular complexity index is 788. The molecule has 0 spiro atoms. The van der Waals surface area contributed by atoms with Gasteiger partial charge in [-0.1, -0.05) is 12.1 Å². The van der Waals surface area contributed by atoms with Crippen molar-refractivity contribution >= 4 is 23.6 Å². The lowest BCUT2D eigenvalue weighted by Gasteiger charge is -2.16. The minimum atomic E-state index is -0.258. The maximum Gasteiger partial charge on any atom is 0.253 e. The van der Waals surface area contributed by atoms with Crippen molar-refractivity contribution in [3.8, 4) is 0 Å². The Kier molecular flexibility index (Phi) is 4.89. The summed E-state index contributed by atoms with van der Waals surface area (Å²) >= 11 is 1.75. The van der Waals surface area contributed by atoms with Crippen LogP contribution in [0.5, 0.6) is 0 Å². The molecule has 1 saturated heterocycles. The van der Waals surface area contributed by atoms with E-state index in [9.17, 15) is 9.59 Å². The zero-order valence-electron chi connectivity index (χ0n) is 13.5. The van der Waals surface area contributed by atoms with Crippen LogP contribution in [0.1, 0.15) is 34.0 Å². The number of benzene rings is 1. The molecule has 1 unspecified atom stereocenters. The van der Waals surface area contributed by atoms with Crippen molar-refractivity contribution in [2.45, 2.75) is 18.1 Å². The van der Waals surface area contributed by atoms with Crippen LogP contribution in [0, 0.1) is 0 Å². The molecule has 3 N–H and O–H groups in total. The lowest BCUT2D eigenvalue weighted by atomic mass is 10.0. The first kappa shape index (κ1) is 16.6.